The number of hydrazine groups is 1. The number of hydrogen-bond acceptors (Lipinski definition) is 7. The van der Waals surface area contributed by atoms with Crippen LogP contribution in [0.2, 0.25) is 0 Å². The fraction of sp³-hybridized carbons (Fsp3) is 0.200. The van der Waals surface area contributed by atoms with Crippen molar-refractivity contribution in [3.63, 3.8) is 0 Å². The number of nitrogens with one attached hydrogen (secondary N) is 1. The number of carbonyl (C=O) groups excluding carboxylic acids is 1. The van der Waals surface area contributed by atoms with E-state index >= 15 is 0 Å². The highest BCUT2D eigenvalue weighted by molar-refractivity contribution is 8.00. The van der Waals surface area contributed by atoms with Gasteiger partial charge in [-0.15, -0.1) is 11.8 Å². The zero-order chi connectivity index (χ0) is 13.1. The molecule has 0 spiro atoms. The summed E-state index contributed by atoms with van der Waals surface area (Å²) in [5, 5.41) is 0.536. The van der Waals surface area contributed by atoms with Gasteiger partial charge in [-0.1, -0.05) is 11.3 Å². The largest absolute Gasteiger partial charge is 0.468 e. The van der Waals surface area contributed by atoms with Gasteiger partial charge < -0.3 is 10.2 Å². The number of nitrogen functional groups attached to an aromatic ring is 2. The van der Waals surface area contributed by atoms with Crippen LogP contribution in [0.15, 0.2) is 21.0 Å². The predicted molar refractivity (Wildman–Crippen MR) is 71.2 cm³/mol. The molecular weight excluding hydrogens is 272 g/mol. The Kier molecular flexibility index (Phi) is 3.90. The van der Waals surface area contributed by atoms with E-state index in [0.717, 1.165) is 9.90 Å². The third-order valence-electron chi connectivity index (χ3n) is 2.23. The topological polar surface area (TPSA) is 107 Å². The molecule has 0 bridgehead atoms. The third kappa shape index (κ3) is 2.66. The van der Waals surface area contributed by atoms with Crippen molar-refractivity contribution >= 4 is 34.1 Å². The van der Waals surface area contributed by atoms with Crippen molar-refractivity contribution in [1.29, 1.82) is 0 Å². The normalized spacial score (nSPS) is 10.6. The summed E-state index contributed by atoms with van der Waals surface area (Å²) in [6.45, 7) is 1.89. The molecule has 6 nitrogen and oxygen atoms in total. The Bertz CT molecular complexity index is 564. The van der Waals surface area contributed by atoms with E-state index in [2.05, 4.69) is 10.4 Å². The van der Waals surface area contributed by atoms with E-state index in [9.17, 15) is 4.79 Å². The first-order valence-electron chi connectivity index (χ1n) is 5.05. The molecule has 2 aromatic rings. The van der Waals surface area contributed by atoms with Gasteiger partial charge in [0.2, 0.25) is 0 Å². The lowest BCUT2D eigenvalue weighted by atomic mass is 10.2. The number of carbonyl (C=O) groups is 1. The highest BCUT2D eigenvalue weighted by atomic mass is 32.2. The molecule has 1 amide bonds. The smallest absolute Gasteiger partial charge is 0.268 e. The maximum absolute atomic E-state index is 11.4. The van der Waals surface area contributed by atoms with Crippen LogP contribution in [0.3, 0.4) is 0 Å². The van der Waals surface area contributed by atoms with Gasteiger partial charge >= 0.3 is 0 Å². The molecular formula is C10H12N4O2S2. The second-order valence-electron chi connectivity index (χ2n) is 3.44. The Hall–Kier alpha value is -1.51. The van der Waals surface area contributed by atoms with Crippen molar-refractivity contribution in [3.05, 3.63) is 29.3 Å². The number of amides is 1. The monoisotopic (exact) mass is 284 g/mol. The fourth-order valence-electron chi connectivity index (χ4n) is 1.40. The summed E-state index contributed by atoms with van der Waals surface area (Å²) in [7, 11) is 0. The zero-order valence-corrected chi connectivity index (χ0v) is 11.2. The van der Waals surface area contributed by atoms with Crippen LogP contribution < -0.4 is 17.0 Å². The maximum atomic E-state index is 11.4. The number of nitrogens with zero attached hydrogens (tertiary/aromatic N) is 1. The van der Waals surface area contributed by atoms with Gasteiger partial charge in [0.1, 0.15) is 5.76 Å². The van der Waals surface area contributed by atoms with E-state index in [4.69, 9.17) is 16.0 Å². The minimum absolute atomic E-state index is 0.361. The predicted octanol–water partition coefficient (Wildman–Crippen LogP) is 1.52. The Morgan fingerprint density at radius 2 is 2.44 bits per heavy atom. The van der Waals surface area contributed by atoms with Crippen molar-refractivity contribution in [2.45, 2.75) is 16.9 Å². The summed E-state index contributed by atoms with van der Waals surface area (Å²) in [4.78, 5) is 15.6. The molecule has 0 atom stereocenters. The second kappa shape index (κ2) is 5.42. The molecule has 5 N–H and O–H groups in total. The molecule has 8 heteroatoms. The number of thiazole rings is 1. The molecule has 2 aromatic heterocycles. The summed E-state index contributed by atoms with van der Waals surface area (Å²) in [6.07, 6.45) is 1.47. The molecule has 0 aromatic carbocycles. The van der Waals surface area contributed by atoms with E-state index in [1.807, 2.05) is 6.92 Å². The lowest BCUT2D eigenvalue weighted by molar-refractivity contribution is 0.0952. The standard InChI is InChI=1S/C10H12N4O2S2/c1-5-9(18-10(11)13-5)17-4-7-6(2-3-16-7)8(15)14-12/h2-3H,4,12H2,1H3,(H2,11,13)(H,14,15). The van der Waals surface area contributed by atoms with Crippen molar-refractivity contribution in [3.8, 4) is 0 Å². The summed E-state index contributed by atoms with van der Waals surface area (Å²) < 4.78 is 6.29. The van der Waals surface area contributed by atoms with Crippen LogP contribution in [0.4, 0.5) is 5.13 Å². The number of furan rings is 1. The highest BCUT2D eigenvalue weighted by Gasteiger charge is 2.15. The SMILES string of the molecule is Cc1nc(N)sc1SCc1occc1C(=O)NN. The molecule has 2 rings (SSSR count). The molecule has 0 aliphatic rings. The minimum atomic E-state index is -0.361. The van der Waals surface area contributed by atoms with E-state index in [0.29, 0.717) is 22.2 Å². The van der Waals surface area contributed by atoms with Crippen LogP contribution in [-0.2, 0) is 5.75 Å². The van der Waals surface area contributed by atoms with Crippen LogP contribution in [-0.4, -0.2) is 10.9 Å². The van der Waals surface area contributed by atoms with Crippen LogP contribution in [0, 0.1) is 6.92 Å². The number of thioether (sulfide) groups is 1. The summed E-state index contributed by atoms with van der Waals surface area (Å²) in [6, 6.07) is 1.59. The first-order chi connectivity index (χ1) is 8.61. The molecule has 2 heterocycles. The van der Waals surface area contributed by atoms with E-state index in [-0.39, 0.29) is 5.91 Å². The van der Waals surface area contributed by atoms with Gasteiger partial charge in [-0.3, -0.25) is 10.2 Å². The second-order valence-corrected chi connectivity index (χ2v) is 5.72. The average molecular weight is 284 g/mol. The average Bonchev–Trinajstić information content (AvgIpc) is 2.92. The van der Waals surface area contributed by atoms with Crippen molar-refractivity contribution in [2.24, 2.45) is 5.84 Å². The molecule has 0 aliphatic heterocycles. The molecule has 0 fully saturated rings. The Morgan fingerprint density at radius 3 is 3.06 bits per heavy atom. The Labute approximate surface area is 112 Å². The van der Waals surface area contributed by atoms with E-state index < -0.39 is 0 Å². The van der Waals surface area contributed by atoms with Gasteiger partial charge in [0, 0.05) is 0 Å². The summed E-state index contributed by atoms with van der Waals surface area (Å²) in [5.41, 5.74) is 9.03. The zero-order valence-electron chi connectivity index (χ0n) is 9.60. The van der Waals surface area contributed by atoms with Crippen molar-refractivity contribution in [1.82, 2.24) is 10.4 Å². The van der Waals surface area contributed by atoms with Gasteiger partial charge in [0.25, 0.3) is 5.91 Å². The van der Waals surface area contributed by atoms with E-state index in [1.54, 1.807) is 6.07 Å². The number of hydrogen-bond donors (Lipinski definition) is 3. The molecule has 0 aliphatic carbocycles. The van der Waals surface area contributed by atoms with Crippen molar-refractivity contribution in [2.75, 3.05) is 5.73 Å². The lowest BCUT2D eigenvalue weighted by Crippen LogP contribution is -2.30. The van der Waals surface area contributed by atoms with E-state index in [1.165, 1.54) is 29.4 Å². The lowest BCUT2D eigenvalue weighted by Gasteiger charge is -2.00. The molecule has 96 valence electrons. The minimum Gasteiger partial charge on any atom is -0.468 e. The fourth-order valence-corrected chi connectivity index (χ4v) is 3.37. The molecule has 0 unspecified atom stereocenters. The summed E-state index contributed by atoms with van der Waals surface area (Å²) >= 11 is 2.95. The highest BCUT2D eigenvalue weighted by Crippen LogP contribution is 2.33. The van der Waals surface area contributed by atoms with Crippen LogP contribution in [0.25, 0.3) is 0 Å². The molecule has 0 saturated heterocycles. The summed E-state index contributed by atoms with van der Waals surface area (Å²) in [5.74, 6) is 5.84. The number of aryl methyl sites for hydroxylation is 1. The maximum Gasteiger partial charge on any atom is 0.268 e. The Balaban J connectivity index is 2.09. The van der Waals surface area contributed by atoms with Gasteiger partial charge in [0.05, 0.1) is 27.5 Å². The van der Waals surface area contributed by atoms with Gasteiger partial charge in [-0.2, -0.15) is 0 Å². The van der Waals surface area contributed by atoms with Gasteiger partial charge in [0.15, 0.2) is 5.13 Å². The number of anilines is 1. The molecule has 18 heavy (non-hydrogen) atoms. The van der Waals surface area contributed by atoms with Crippen molar-refractivity contribution < 1.29 is 9.21 Å². The number of aromatic nitrogens is 1. The number of nitrogens with two attached hydrogens (primary N) is 2. The number of rotatable bonds is 4. The molecule has 0 radical (unpaired) electrons. The molecule has 0 saturated carbocycles. The first kappa shape index (κ1) is 12.9. The van der Waals surface area contributed by atoms with Gasteiger partial charge in [-0.25, -0.2) is 10.8 Å². The van der Waals surface area contributed by atoms with Gasteiger partial charge in [-0.05, 0) is 13.0 Å². The van der Waals surface area contributed by atoms with Crippen LogP contribution in [0.5, 0.6) is 0 Å². The first-order valence-corrected chi connectivity index (χ1v) is 6.85. The van der Waals surface area contributed by atoms with Crippen LogP contribution in [0.1, 0.15) is 21.8 Å². The Morgan fingerprint density at radius 1 is 1.67 bits per heavy atom. The third-order valence-corrected chi connectivity index (χ3v) is 4.57. The quantitative estimate of drug-likeness (QED) is 0.340. The van der Waals surface area contributed by atoms with Crippen LogP contribution >= 0.6 is 23.1 Å².